The smallest absolute Gasteiger partial charge is 0.259 e. The zero-order valence-corrected chi connectivity index (χ0v) is 18.0. The second kappa shape index (κ2) is 6.83. The number of phenols is 1. The van der Waals surface area contributed by atoms with Gasteiger partial charge >= 0.3 is 0 Å². The number of phenolic OH excluding ortho intramolecular Hbond substituents is 1. The van der Waals surface area contributed by atoms with Crippen molar-refractivity contribution in [3.8, 4) is 16.9 Å². The highest BCUT2D eigenvalue weighted by Gasteiger charge is 2.35. The molecule has 1 unspecified atom stereocenters. The normalized spacial score (nSPS) is 14.5. The van der Waals surface area contributed by atoms with Crippen LogP contribution in [0.4, 0.5) is 0 Å². The molecule has 0 bridgehead atoms. The minimum atomic E-state index is -0.446. The highest BCUT2D eigenvalue weighted by Crippen LogP contribution is 2.43. The zero-order valence-electron chi connectivity index (χ0n) is 17.2. The third-order valence-corrected chi connectivity index (χ3v) is 6.37. The van der Waals surface area contributed by atoms with Gasteiger partial charge in [-0.2, -0.15) is 0 Å². The number of fused-ring (bicyclic) bond motifs is 5. The van der Waals surface area contributed by atoms with E-state index in [0.717, 1.165) is 16.4 Å². The Morgan fingerprint density at radius 2 is 1.68 bits per heavy atom. The molecule has 5 rings (SSSR count). The first-order valence-corrected chi connectivity index (χ1v) is 10.3. The van der Waals surface area contributed by atoms with Gasteiger partial charge in [0.25, 0.3) is 11.8 Å². The fourth-order valence-electron chi connectivity index (χ4n) is 4.41. The van der Waals surface area contributed by atoms with Crippen LogP contribution in [0, 0.1) is 0 Å². The summed E-state index contributed by atoms with van der Waals surface area (Å²) in [4.78, 5) is 27.8. The first kappa shape index (κ1) is 19.6. The van der Waals surface area contributed by atoms with E-state index in [1.54, 1.807) is 18.2 Å². The van der Waals surface area contributed by atoms with Gasteiger partial charge in [-0.15, -0.1) is 0 Å². The molecule has 4 aromatic rings. The lowest BCUT2D eigenvalue weighted by molar-refractivity contribution is 0.0880. The Hall–Kier alpha value is -3.35. The second-order valence-corrected chi connectivity index (χ2v) is 8.41. The van der Waals surface area contributed by atoms with Gasteiger partial charge in [-0.05, 0) is 56.9 Å². The molecule has 6 nitrogen and oxygen atoms in total. The van der Waals surface area contributed by atoms with Gasteiger partial charge in [0.1, 0.15) is 5.75 Å². The van der Waals surface area contributed by atoms with Crippen molar-refractivity contribution < 1.29 is 14.7 Å². The Morgan fingerprint density at radius 3 is 2.39 bits per heavy atom. The van der Waals surface area contributed by atoms with Gasteiger partial charge in [0.2, 0.25) is 0 Å². The fraction of sp³-hybridized carbons (Fsp3) is 0.167. The van der Waals surface area contributed by atoms with Crippen LogP contribution < -0.4 is 5.32 Å². The molecule has 0 radical (unpaired) electrons. The molecule has 2 N–H and O–H groups in total. The first-order valence-electron chi connectivity index (χ1n) is 9.90. The summed E-state index contributed by atoms with van der Waals surface area (Å²) in [6.45, 7) is 2.05. The first-order chi connectivity index (χ1) is 14.8. The van der Waals surface area contributed by atoms with Crippen LogP contribution in [0.1, 0.15) is 33.8 Å². The molecule has 1 aliphatic heterocycles. The van der Waals surface area contributed by atoms with E-state index in [-0.39, 0.29) is 11.9 Å². The third-order valence-electron chi connectivity index (χ3n) is 6.04. The van der Waals surface area contributed by atoms with Gasteiger partial charge < -0.3 is 9.67 Å². The molecule has 0 aliphatic carbocycles. The number of nitrogens with zero attached hydrogens (tertiary/aromatic N) is 2. The van der Waals surface area contributed by atoms with Gasteiger partial charge in [0.15, 0.2) is 0 Å². The van der Waals surface area contributed by atoms with Crippen molar-refractivity contribution in [3.63, 3.8) is 0 Å². The molecule has 1 atom stereocenters. The molecule has 156 valence electrons. The molecule has 2 amide bonds. The summed E-state index contributed by atoms with van der Waals surface area (Å²) in [5.41, 5.74) is 3.57. The summed E-state index contributed by atoms with van der Waals surface area (Å²) >= 11 is 6.48. The Bertz CT molecular complexity index is 1420. The van der Waals surface area contributed by atoms with Crippen molar-refractivity contribution in [1.82, 2.24) is 14.8 Å². The molecule has 2 heterocycles. The fourth-order valence-corrected chi connectivity index (χ4v) is 4.65. The van der Waals surface area contributed by atoms with E-state index in [0.29, 0.717) is 32.7 Å². The largest absolute Gasteiger partial charge is 0.508 e. The van der Waals surface area contributed by atoms with E-state index in [2.05, 4.69) is 21.7 Å². The lowest BCUT2D eigenvalue weighted by Gasteiger charge is -2.24. The number of aromatic nitrogens is 1. The number of hydrogen-bond acceptors (Lipinski definition) is 4. The number of rotatable bonds is 3. The van der Waals surface area contributed by atoms with Crippen molar-refractivity contribution in [3.05, 3.63) is 64.7 Å². The van der Waals surface area contributed by atoms with Gasteiger partial charge in [-0.25, -0.2) is 0 Å². The number of benzene rings is 3. The number of aromatic hydroxyl groups is 1. The molecule has 31 heavy (non-hydrogen) atoms. The van der Waals surface area contributed by atoms with E-state index in [9.17, 15) is 14.7 Å². The van der Waals surface area contributed by atoms with Crippen molar-refractivity contribution in [2.45, 2.75) is 13.1 Å². The van der Waals surface area contributed by atoms with Crippen molar-refractivity contribution >= 4 is 45.2 Å². The van der Waals surface area contributed by atoms with Crippen LogP contribution in [-0.2, 0) is 0 Å². The number of amides is 2. The van der Waals surface area contributed by atoms with Gasteiger partial charge in [0, 0.05) is 21.4 Å². The number of halogens is 1. The molecular formula is C24H20ClN3O3. The quantitative estimate of drug-likeness (QED) is 0.456. The van der Waals surface area contributed by atoms with Crippen molar-refractivity contribution in [1.29, 1.82) is 0 Å². The minimum Gasteiger partial charge on any atom is -0.508 e. The molecule has 1 aromatic heterocycles. The van der Waals surface area contributed by atoms with Crippen LogP contribution in [0.2, 0.25) is 5.02 Å². The summed E-state index contributed by atoms with van der Waals surface area (Å²) < 4.78 is 2.11. The van der Waals surface area contributed by atoms with Gasteiger partial charge in [-0.1, -0.05) is 29.8 Å². The molecule has 7 heteroatoms. The van der Waals surface area contributed by atoms with Crippen LogP contribution in [0.3, 0.4) is 0 Å². The van der Waals surface area contributed by atoms with Crippen LogP contribution in [0.25, 0.3) is 32.9 Å². The zero-order chi connectivity index (χ0) is 22.0. The average Bonchev–Trinajstić information content (AvgIpc) is 3.20. The Kier molecular flexibility index (Phi) is 4.32. The summed E-state index contributed by atoms with van der Waals surface area (Å²) in [6.07, 6.45) is -0.0538. The third kappa shape index (κ3) is 2.76. The molecule has 0 saturated carbocycles. The Balaban J connectivity index is 2.03. The van der Waals surface area contributed by atoms with E-state index in [4.69, 9.17) is 11.6 Å². The molecule has 3 aromatic carbocycles. The molecule has 0 spiro atoms. The molecule has 0 saturated heterocycles. The number of hydrogen-bond donors (Lipinski definition) is 2. The van der Waals surface area contributed by atoms with Crippen molar-refractivity contribution in [2.24, 2.45) is 0 Å². The lowest BCUT2D eigenvalue weighted by atomic mass is 9.93. The monoisotopic (exact) mass is 433 g/mol. The summed E-state index contributed by atoms with van der Waals surface area (Å²) in [7, 11) is 3.95. The van der Waals surface area contributed by atoms with E-state index >= 15 is 0 Å². The predicted octanol–water partition coefficient (Wildman–Crippen LogP) is 4.78. The number of imide groups is 1. The number of carbonyl (C=O) groups excluding carboxylic acids is 2. The lowest BCUT2D eigenvalue weighted by Crippen LogP contribution is -2.22. The van der Waals surface area contributed by atoms with E-state index < -0.39 is 11.8 Å². The van der Waals surface area contributed by atoms with E-state index in [1.807, 2.05) is 44.4 Å². The summed E-state index contributed by atoms with van der Waals surface area (Å²) in [5.74, 6) is -0.796. The maximum Gasteiger partial charge on any atom is 0.259 e. The topological polar surface area (TPSA) is 74.6 Å². The number of carbonyl (C=O) groups is 2. The van der Waals surface area contributed by atoms with Crippen molar-refractivity contribution in [2.75, 3.05) is 14.1 Å². The highest BCUT2D eigenvalue weighted by atomic mass is 35.5. The Morgan fingerprint density at radius 1 is 0.968 bits per heavy atom. The van der Waals surface area contributed by atoms with Gasteiger partial charge in [0.05, 0.1) is 28.3 Å². The maximum absolute atomic E-state index is 13.0. The minimum absolute atomic E-state index is 0.0538. The molecular weight excluding hydrogens is 414 g/mol. The maximum atomic E-state index is 13.0. The van der Waals surface area contributed by atoms with Crippen LogP contribution >= 0.6 is 11.6 Å². The van der Waals surface area contributed by atoms with Crippen LogP contribution in [0.15, 0.2) is 48.5 Å². The standard InChI is InChI=1S/C24H20ClN3O3/c1-12(27(2)3)28-18-9-8-13(29)10-16(18)20-19(28)11-15(14-6-4-5-7-17(14)25)21-22(20)24(31)26-23(21)30/h4-12,29H,1-3H3,(H,26,30,31). The Labute approximate surface area is 183 Å². The molecule has 0 fully saturated rings. The van der Waals surface area contributed by atoms with Crippen LogP contribution in [0.5, 0.6) is 5.75 Å². The van der Waals surface area contributed by atoms with Gasteiger partial charge in [-0.3, -0.25) is 19.8 Å². The van der Waals surface area contributed by atoms with Crippen LogP contribution in [-0.4, -0.2) is 40.5 Å². The summed E-state index contributed by atoms with van der Waals surface area (Å²) in [5, 5.41) is 14.5. The predicted molar refractivity (Wildman–Crippen MR) is 122 cm³/mol. The average molecular weight is 434 g/mol. The summed E-state index contributed by atoms with van der Waals surface area (Å²) in [6, 6.07) is 14.3. The highest BCUT2D eigenvalue weighted by molar-refractivity contribution is 6.36. The SMILES string of the molecule is CC(N(C)C)n1c2ccc(O)cc2c2c3c(c(-c4ccccc4Cl)cc21)C(=O)NC3=O. The second-order valence-electron chi connectivity index (χ2n) is 8.00. The van der Waals surface area contributed by atoms with E-state index in [1.165, 1.54) is 0 Å². The molecule has 1 aliphatic rings. The number of nitrogens with one attached hydrogen (secondary N) is 1.